The van der Waals surface area contributed by atoms with Crippen LogP contribution in [0.15, 0.2) is 42.5 Å². The molecule has 4 rings (SSSR count). The van der Waals surface area contributed by atoms with Crippen LogP contribution in [0, 0.1) is 11.7 Å². The summed E-state index contributed by atoms with van der Waals surface area (Å²) in [5.74, 6) is 0.658. The van der Waals surface area contributed by atoms with Gasteiger partial charge in [0, 0.05) is 32.4 Å². The molecule has 0 amide bonds. The summed E-state index contributed by atoms with van der Waals surface area (Å²) in [6.07, 6.45) is 3.92. The van der Waals surface area contributed by atoms with Gasteiger partial charge in [-0.2, -0.15) is 0 Å². The zero-order valence-corrected chi connectivity index (χ0v) is 24.1. The molecule has 6 nitrogen and oxygen atoms in total. The second-order valence-corrected chi connectivity index (χ2v) is 10.4. The number of aromatic nitrogens is 2. The highest BCUT2D eigenvalue weighted by molar-refractivity contribution is 5.74. The predicted octanol–water partition coefficient (Wildman–Crippen LogP) is -0.496. The highest BCUT2D eigenvalue weighted by atomic mass is 35.5. The van der Waals surface area contributed by atoms with Gasteiger partial charge >= 0.3 is 8.82 Å². The summed E-state index contributed by atoms with van der Waals surface area (Å²) in [6, 6.07) is 13.1. The third-order valence-corrected chi connectivity index (χ3v) is 7.38. The molecule has 0 saturated heterocycles. The van der Waals surface area contributed by atoms with Crippen molar-refractivity contribution in [2.45, 2.75) is 57.5 Å². The second kappa shape index (κ2) is 14.3. The number of ether oxygens (including phenoxy) is 2. The smallest absolute Gasteiger partial charge is 1.00 e. The van der Waals surface area contributed by atoms with Crippen LogP contribution >= 0.6 is 0 Å². The number of hydrogen-bond acceptors (Lipinski definition) is 5. The van der Waals surface area contributed by atoms with E-state index in [1.165, 1.54) is 13.2 Å². The standard InChI is InChI=1S/C29H38FN3O3.2ClH/c1-20(2)28-23-12-11-22(30)18-21(23)13-14-29(28,36-27(34)19-35-4)15-17-33(3)16-7-10-26-31-24-8-5-6-9-25(24)32-26;;/h5-6,8-9,11-12,18,20,28H,7,10,13-17,19H2,1-4H3,(H,31,32);2*1H/t28-,29-;;/m0../s1. The van der Waals surface area contributed by atoms with E-state index in [4.69, 9.17) is 9.47 Å². The van der Waals surface area contributed by atoms with Gasteiger partial charge < -0.3 is 44.2 Å². The van der Waals surface area contributed by atoms with Gasteiger partial charge in [0.2, 0.25) is 0 Å². The quantitative estimate of drug-likeness (QED) is 0.317. The number of aromatic amines is 1. The molecule has 1 N–H and O–H groups in total. The number of esters is 1. The van der Waals surface area contributed by atoms with E-state index in [9.17, 15) is 9.18 Å². The van der Waals surface area contributed by atoms with Crippen LogP contribution in [0.2, 0.25) is 0 Å². The van der Waals surface area contributed by atoms with Crippen molar-refractivity contribution in [1.82, 2.24) is 14.9 Å². The van der Waals surface area contributed by atoms with Gasteiger partial charge in [-0.25, -0.2) is 14.2 Å². The van der Waals surface area contributed by atoms with Crippen molar-refractivity contribution in [2.24, 2.45) is 5.92 Å². The van der Waals surface area contributed by atoms with Gasteiger partial charge in [-0.15, -0.1) is 0 Å². The van der Waals surface area contributed by atoms with Crippen LogP contribution in [-0.4, -0.2) is 60.3 Å². The maximum absolute atomic E-state index is 14.0. The molecule has 9 heteroatoms. The number of H-pyrrole nitrogens is 1. The van der Waals surface area contributed by atoms with Crippen LogP contribution in [-0.2, 0) is 27.1 Å². The van der Waals surface area contributed by atoms with Crippen molar-refractivity contribution in [3.63, 3.8) is 0 Å². The van der Waals surface area contributed by atoms with Crippen LogP contribution in [0.5, 0.6) is 0 Å². The molecule has 0 radical (unpaired) electrons. The molecule has 2 atom stereocenters. The Morgan fingerprint density at radius 1 is 1.24 bits per heavy atom. The second-order valence-electron chi connectivity index (χ2n) is 10.4. The monoisotopic (exact) mass is 567 g/mol. The van der Waals surface area contributed by atoms with Crippen LogP contribution in [0.3, 0.4) is 0 Å². The van der Waals surface area contributed by atoms with Crippen molar-refractivity contribution in [2.75, 3.05) is 33.9 Å². The van der Waals surface area contributed by atoms with Crippen molar-refractivity contribution in [1.29, 1.82) is 0 Å². The van der Waals surface area contributed by atoms with Gasteiger partial charge in [0.05, 0.1) is 11.0 Å². The van der Waals surface area contributed by atoms with Crippen LogP contribution in [0.1, 0.15) is 58.8 Å². The predicted molar refractivity (Wildman–Crippen MR) is 142 cm³/mol. The minimum absolute atomic E-state index is 0. The Labute approximate surface area is 240 Å². The van der Waals surface area contributed by atoms with E-state index in [1.807, 2.05) is 30.3 Å². The summed E-state index contributed by atoms with van der Waals surface area (Å²) in [4.78, 5) is 23.0. The van der Waals surface area contributed by atoms with Gasteiger partial charge in [0.1, 0.15) is 23.8 Å². The fourth-order valence-corrected chi connectivity index (χ4v) is 5.80. The SMILES string of the molecule is COCC(=O)O[C@]1(CCN(C)CCCc2nc3ccccc3[nH]2)CCc2cc(F)ccc2[C@@H]1C(C)C.[Cl-].[Cl-].[H+].[H+]. The molecule has 1 heterocycles. The number of halogens is 3. The molecule has 0 spiro atoms. The average Bonchev–Trinajstić information content (AvgIpc) is 3.25. The maximum Gasteiger partial charge on any atom is 1.00 e. The summed E-state index contributed by atoms with van der Waals surface area (Å²) in [6.45, 7) is 5.93. The molecule has 3 aromatic rings. The number of para-hydroxylation sites is 2. The Bertz CT molecular complexity index is 1170. The lowest BCUT2D eigenvalue weighted by molar-refractivity contribution is -0.172. The Balaban J connectivity index is 0.00000380. The van der Waals surface area contributed by atoms with Crippen LogP contribution < -0.4 is 24.8 Å². The zero-order chi connectivity index (χ0) is 25.7. The molecular weight excluding hydrogens is 528 g/mol. The fourth-order valence-electron chi connectivity index (χ4n) is 5.80. The van der Waals surface area contributed by atoms with Gasteiger partial charge in [-0.05, 0) is 74.2 Å². The lowest BCUT2D eigenvalue weighted by Gasteiger charge is -2.47. The van der Waals surface area contributed by atoms with Gasteiger partial charge in [0.25, 0.3) is 0 Å². The van der Waals surface area contributed by atoms with Gasteiger partial charge in [-0.1, -0.05) is 32.0 Å². The summed E-state index contributed by atoms with van der Waals surface area (Å²) in [7, 11) is 3.61. The van der Waals surface area contributed by atoms with E-state index in [0.717, 1.165) is 53.9 Å². The Morgan fingerprint density at radius 3 is 2.71 bits per heavy atom. The zero-order valence-electron chi connectivity index (χ0n) is 24.6. The van der Waals surface area contributed by atoms with E-state index >= 15 is 0 Å². The number of rotatable bonds is 11. The third-order valence-electron chi connectivity index (χ3n) is 7.38. The average molecular weight is 569 g/mol. The molecule has 0 saturated carbocycles. The first kappa shape index (κ1) is 32.0. The number of benzene rings is 2. The minimum atomic E-state index is -0.651. The lowest BCUT2D eigenvalue weighted by atomic mass is 9.65. The van der Waals surface area contributed by atoms with E-state index in [0.29, 0.717) is 19.3 Å². The van der Waals surface area contributed by atoms with E-state index < -0.39 is 5.60 Å². The molecule has 1 aliphatic carbocycles. The number of aryl methyl sites for hydroxylation is 2. The number of nitrogens with zero attached hydrogens (tertiary/aromatic N) is 2. The summed E-state index contributed by atoms with van der Waals surface area (Å²) in [5, 5.41) is 0. The number of nitrogens with one attached hydrogen (secondary N) is 1. The summed E-state index contributed by atoms with van der Waals surface area (Å²) < 4.78 is 25.3. The third kappa shape index (κ3) is 7.47. The van der Waals surface area contributed by atoms with E-state index in [1.54, 1.807) is 6.07 Å². The molecule has 1 aromatic heterocycles. The Morgan fingerprint density at radius 2 is 2.00 bits per heavy atom. The Hall–Kier alpha value is -2.19. The molecule has 0 bridgehead atoms. The van der Waals surface area contributed by atoms with E-state index in [-0.39, 0.29) is 57.9 Å². The van der Waals surface area contributed by atoms with Crippen LogP contribution in [0.25, 0.3) is 11.0 Å². The molecule has 38 heavy (non-hydrogen) atoms. The topological polar surface area (TPSA) is 67.5 Å². The van der Waals surface area contributed by atoms with Crippen molar-refractivity contribution >= 4 is 17.0 Å². The van der Waals surface area contributed by atoms with Crippen molar-refractivity contribution in [3.05, 3.63) is 65.2 Å². The van der Waals surface area contributed by atoms with Gasteiger partial charge in [0.15, 0.2) is 0 Å². The molecule has 0 unspecified atom stereocenters. The molecule has 0 fully saturated rings. The van der Waals surface area contributed by atoms with Gasteiger partial charge in [-0.3, -0.25) is 0 Å². The van der Waals surface area contributed by atoms with Crippen molar-refractivity contribution in [3.8, 4) is 0 Å². The lowest BCUT2D eigenvalue weighted by Crippen LogP contribution is -3.00. The number of methoxy groups -OCH3 is 1. The highest BCUT2D eigenvalue weighted by Crippen LogP contribution is 2.48. The summed E-state index contributed by atoms with van der Waals surface area (Å²) in [5.41, 5.74) is 3.53. The normalized spacial score (nSPS) is 18.7. The largest absolute Gasteiger partial charge is 1.00 e. The Kier molecular flexibility index (Phi) is 12.0. The number of carbonyl (C=O) groups is 1. The molecular formula is C29H40Cl2FN3O3. The van der Waals surface area contributed by atoms with Crippen LogP contribution in [0.4, 0.5) is 4.39 Å². The molecule has 2 aromatic carbocycles. The highest BCUT2D eigenvalue weighted by Gasteiger charge is 2.47. The minimum Gasteiger partial charge on any atom is -1.00 e. The maximum atomic E-state index is 14.0. The fraction of sp³-hybridized carbons (Fsp3) is 0.517. The summed E-state index contributed by atoms with van der Waals surface area (Å²) >= 11 is 0. The first-order valence-electron chi connectivity index (χ1n) is 12.9. The molecule has 210 valence electrons. The van der Waals surface area contributed by atoms with Crippen molar-refractivity contribution < 1.29 is 46.3 Å². The first-order valence-corrected chi connectivity index (χ1v) is 12.9. The number of hydrogen-bond donors (Lipinski definition) is 1. The molecule has 1 aliphatic rings. The first-order chi connectivity index (χ1) is 17.3. The number of carbonyl (C=O) groups excluding carboxylic acids is 1. The number of fused-ring (bicyclic) bond motifs is 2. The number of imidazole rings is 1. The molecule has 0 aliphatic heterocycles. The van der Waals surface area contributed by atoms with E-state index in [2.05, 4.69) is 35.8 Å².